The maximum atomic E-state index is 13.3. The van der Waals surface area contributed by atoms with E-state index in [1.165, 1.54) is 7.11 Å². The molecule has 0 aromatic carbocycles. The highest BCUT2D eigenvalue weighted by Gasteiger charge is 2.30. The van der Waals surface area contributed by atoms with Crippen LogP contribution in [0.25, 0.3) is 0 Å². The van der Waals surface area contributed by atoms with Crippen LogP contribution in [0, 0.1) is 0 Å². The van der Waals surface area contributed by atoms with Gasteiger partial charge in [-0.15, -0.1) is 0 Å². The molecule has 2 aliphatic rings. The molecule has 0 saturated heterocycles. The standard InChI is InChI=1S/C10H11FO2/c1-13-10-5-7-6(4-8(10)11)2-3-9(7)12/h5,8H,2-4H2,1H3. The van der Waals surface area contributed by atoms with Crippen molar-refractivity contribution in [2.24, 2.45) is 0 Å². The fraction of sp³-hybridized carbons (Fsp3) is 0.500. The summed E-state index contributed by atoms with van der Waals surface area (Å²) in [6.45, 7) is 0. The third-order valence-electron chi connectivity index (χ3n) is 2.59. The fourth-order valence-corrected chi connectivity index (χ4v) is 1.86. The Kier molecular flexibility index (Phi) is 1.94. The van der Waals surface area contributed by atoms with Gasteiger partial charge in [0.2, 0.25) is 0 Å². The number of Topliss-reactive ketones (excluding diaryl/α,β-unsaturated/α-hetero) is 1. The number of hydrogen-bond donors (Lipinski definition) is 0. The third kappa shape index (κ3) is 1.28. The van der Waals surface area contributed by atoms with Crippen LogP contribution >= 0.6 is 0 Å². The predicted molar refractivity (Wildman–Crippen MR) is 45.9 cm³/mol. The van der Waals surface area contributed by atoms with Gasteiger partial charge < -0.3 is 4.74 Å². The van der Waals surface area contributed by atoms with Crippen LogP contribution in [0.3, 0.4) is 0 Å². The molecule has 1 unspecified atom stereocenters. The van der Waals surface area contributed by atoms with Gasteiger partial charge in [0.05, 0.1) is 7.11 Å². The van der Waals surface area contributed by atoms with Crippen molar-refractivity contribution in [3.63, 3.8) is 0 Å². The van der Waals surface area contributed by atoms with Crippen molar-refractivity contribution in [1.29, 1.82) is 0 Å². The molecule has 2 rings (SSSR count). The maximum absolute atomic E-state index is 13.3. The van der Waals surface area contributed by atoms with E-state index in [-0.39, 0.29) is 11.5 Å². The predicted octanol–water partition coefficient (Wildman–Crippen LogP) is 1.92. The Morgan fingerprint density at radius 2 is 2.31 bits per heavy atom. The van der Waals surface area contributed by atoms with E-state index in [1.807, 2.05) is 0 Å². The number of carbonyl (C=O) groups is 1. The molecule has 0 fully saturated rings. The molecule has 0 aromatic heterocycles. The summed E-state index contributed by atoms with van der Waals surface area (Å²) in [6.07, 6.45) is 2.08. The Hall–Kier alpha value is -1.12. The summed E-state index contributed by atoms with van der Waals surface area (Å²) >= 11 is 0. The topological polar surface area (TPSA) is 26.3 Å². The Morgan fingerprint density at radius 1 is 1.54 bits per heavy atom. The molecular weight excluding hydrogens is 171 g/mol. The zero-order chi connectivity index (χ0) is 9.42. The zero-order valence-electron chi connectivity index (χ0n) is 7.47. The Bertz CT molecular complexity index is 315. The first-order valence-corrected chi connectivity index (χ1v) is 4.37. The molecule has 3 heteroatoms. The van der Waals surface area contributed by atoms with Gasteiger partial charge in [-0.25, -0.2) is 4.39 Å². The average molecular weight is 182 g/mol. The van der Waals surface area contributed by atoms with Crippen molar-refractivity contribution in [1.82, 2.24) is 0 Å². The number of ketones is 1. The summed E-state index contributed by atoms with van der Waals surface area (Å²) in [5, 5.41) is 0. The largest absolute Gasteiger partial charge is 0.498 e. The second-order valence-electron chi connectivity index (χ2n) is 3.36. The minimum Gasteiger partial charge on any atom is -0.498 e. The highest BCUT2D eigenvalue weighted by Crippen LogP contribution is 2.35. The molecule has 0 aromatic rings. The van der Waals surface area contributed by atoms with Crippen LogP contribution in [0.1, 0.15) is 19.3 Å². The molecule has 0 heterocycles. The fourth-order valence-electron chi connectivity index (χ4n) is 1.86. The third-order valence-corrected chi connectivity index (χ3v) is 2.59. The number of rotatable bonds is 1. The summed E-state index contributed by atoms with van der Waals surface area (Å²) in [5.74, 6) is 0.408. The molecule has 0 bridgehead atoms. The van der Waals surface area contributed by atoms with Crippen molar-refractivity contribution in [2.45, 2.75) is 25.4 Å². The molecule has 70 valence electrons. The molecule has 0 aliphatic heterocycles. The van der Waals surface area contributed by atoms with Crippen LogP contribution in [-0.2, 0) is 9.53 Å². The molecule has 2 aliphatic carbocycles. The van der Waals surface area contributed by atoms with E-state index < -0.39 is 6.17 Å². The van der Waals surface area contributed by atoms with Gasteiger partial charge in [0.15, 0.2) is 12.0 Å². The molecule has 0 spiro atoms. The summed E-state index contributed by atoms with van der Waals surface area (Å²) in [4.78, 5) is 11.3. The maximum Gasteiger partial charge on any atom is 0.163 e. The zero-order valence-corrected chi connectivity index (χ0v) is 7.47. The lowest BCUT2D eigenvalue weighted by Crippen LogP contribution is -2.13. The van der Waals surface area contributed by atoms with Crippen molar-refractivity contribution in [3.8, 4) is 0 Å². The number of methoxy groups -OCH3 is 1. The molecule has 0 radical (unpaired) electrons. The molecular formula is C10H11FO2. The van der Waals surface area contributed by atoms with Crippen molar-refractivity contribution in [3.05, 3.63) is 23.0 Å². The number of carbonyl (C=O) groups excluding carboxylic acids is 1. The molecule has 2 nitrogen and oxygen atoms in total. The lowest BCUT2D eigenvalue weighted by molar-refractivity contribution is -0.114. The van der Waals surface area contributed by atoms with E-state index >= 15 is 0 Å². The Morgan fingerprint density at radius 3 is 3.00 bits per heavy atom. The minimum absolute atomic E-state index is 0.122. The van der Waals surface area contributed by atoms with Crippen molar-refractivity contribution >= 4 is 5.78 Å². The molecule has 13 heavy (non-hydrogen) atoms. The highest BCUT2D eigenvalue weighted by atomic mass is 19.1. The normalized spacial score (nSPS) is 27.4. The van der Waals surface area contributed by atoms with Crippen LogP contribution in [0.4, 0.5) is 4.39 Å². The van der Waals surface area contributed by atoms with E-state index in [0.29, 0.717) is 18.4 Å². The van der Waals surface area contributed by atoms with Crippen LogP contribution < -0.4 is 0 Å². The average Bonchev–Trinajstić information content (AvgIpc) is 2.46. The van der Waals surface area contributed by atoms with Crippen LogP contribution in [0.2, 0.25) is 0 Å². The number of alkyl halides is 1. The lowest BCUT2D eigenvalue weighted by atomic mass is 9.97. The lowest BCUT2D eigenvalue weighted by Gasteiger charge is -2.17. The summed E-state index contributed by atoms with van der Waals surface area (Å²) in [6, 6.07) is 0. The van der Waals surface area contributed by atoms with Gasteiger partial charge in [-0.1, -0.05) is 5.57 Å². The van der Waals surface area contributed by atoms with Gasteiger partial charge in [0, 0.05) is 18.4 Å². The number of ether oxygens (including phenoxy) is 1. The molecule has 1 atom stereocenters. The van der Waals surface area contributed by atoms with Gasteiger partial charge in [0.25, 0.3) is 0 Å². The van der Waals surface area contributed by atoms with E-state index in [9.17, 15) is 9.18 Å². The van der Waals surface area contributed by atoms with Gasteiger partial charge in [-0.05, 0) is 12.5 Å². The van der Waals surface area contributed by atoms with E-state index in [4.69, 9.17) is 4.74 Å². The van der Waals surface area contributed by atoms with Gasteiger partial charge in [-0.2, -0.15) is 0 Å². The van der Waals surface area contributed by atoms with Crippen LogP contribution in [0.15, 0.2) is 23.0 Å². The summed E-state index contributed by atoms with van der Waals surface area (Å²) in [7, 11) is 1.43. The first kappa shape index (κ1) is 8.48. The highest BCUT2D eigenvalue weighted by molar-refractivity contribution is 6.01. The number of allylic oxidation sites excluding steroid dienone is 4. The number of hydrogen-bond acceptors (Lipinski definition) is 2. The first-order chi connectivity index (χ1) is 6.22. The summed E-state index contributed by atoms with van der Waals surface area (Å²) in [5.41, 5.74) is 1.64. The Balaban J connectivity index is 2.34. The second kappa shape index (κ2) is 2.98. The monoisotopic (exact) mass is 182 g/mol. The minimum atomic E-state index is -1.06. The molecule has 0 N–H and O–H groups in total. The second-order valence-corrected chi connectivity index (χ2v) is 3.36. The quantitative estimate of drug-likeness (QED) is 0.619. The summed E-state index contributed by atoms with van der Waals surface area (Å²) < 4.78 is 18.1. The van der Waals surface area contributed by atoms with E-state index in [2.05, 4.69) is 0 Å². The molecule has 0 saturated carbocycles. The number of halogens is 1. The first-order valence-electron chi connectivity index (χ1n) is 4.37. The van der Waals surface area contributed by atoms with E-state index in [0.717, 1.165) is 12.0 Å². The smallest absolute Gasteiger partial charge is 0.163 e. The SMILES string of the molecule is COC1=CC2=C(CCC2=O)CC1F. The van der Waals surface area contributed by atoms with E-state index in [1.54, 1.807) is 6.08 Å². The van der Waals surface area contributed by atoms with Crippen molar-refractivity contribution in [2.75, 3.05) is 7.11 Å². The van der Waals surface area contributed by atoms with Crippen LogP contribution in [0.5, 0.6) is 0 Å². The van der Waals surface area contributed by atoms with Gasteiger partial charge in [-0.3, -0.25) is 4.79 Å². The Labute approximate surface area is 76.1 Å². The van der Waals surface area contributed by atoms with Crippen LogP contribution in [-0.4, -0.2) is 19.1 Å². The van der Waals surface area contributed by atoms with Gasteiger partial charge in [0.1, 0.15) is 5.76 Å². The van der Waals surface area contributed by atoms with Gasteiger partial charge >= 0.3 is 0 Å². The van der Waals surface area contributed by atoms with Crippen molar-refractivity contribution < 1.29 is 13.9 Å². The molecule has 0 amide bonds.